The number of urea groups is 1. The Kier molecular flexibility index (Phi) is 6.04. The number of aromatic hydroxyl groups is 1. The predicted molar refractivity (Wildman–Crippen MR) is 113 cm³/mol. The summed E-state index contributed by atoms with van der Waals surface area (Å²) < 4.78 is 1.21. The molecule has 3 heterocycles. The van der Waals surface area contributed by atoms with Crippen molar-refractivity contribution in [3.8, 4) is 16.2 Å². The molecule has 0 aliphatic rings. The molecular formula is C19H19N3O5S2. The van der Waals surface area contributed by atoms with E-state index >= 15 is 0 Å². The second-order valence-electron chi connectivity index (χ2n) is 6.41. The van der Waals surface area contributed by atoms with Crippen LogP contribution in [0, 0.1) is 6.92 Å². The number of nitrogens with zero attached hydrogens (tertiary/aromatic N) is 1. The number of amides is 2. The molecule has 8 nitrogen and oxygen atoms in total. The summed E-state index contributed by atoms with van der Waals surface area (Å²) in [6.45, 7) is 1.86. The molecule has 0 spiro atoms. The van der Waals surface area contributed by atoms with Crippen LogP contribution in [0.1, 0.15) is 22.9 Å². The number of aryl methyl sites for hydroxylation is 2. The lowest BCUT2D eigenvalue weighted by Crippen LogP contribution is -2.35. The third-order valence-corrected chi connectivity index (χ3v) is 6.33. The van der Waals surface area contributed by atoms with Crippen LogP contribution in [0.4, 0.5) is 10.5 Å². The number of carboxylic acids is 1. The number of pyridine rings is 1. The molecule has 0 radical (unpaired) electrons. The molecule has 4 N–H and O–H groups in total. The number of anilines is 1. The summed E-state index contributed by atoms with van der Waals surface area (Å²) in [5.74, 6) is -1.44. The standard InChI is InChI=1S/C19H19N3O5S2/c1-10-7-14(11-4-6-28-9-11)29-17(10)12(8-15(24)25)20-19(27)21-16-13(23)3-5-22(2)18(16)26/h3-7,9,12,23H,8H2,1-2H3,(H,24,25)(H2,20,21,27). The van der Waals surface area contributed by atoms with Gasteiger partial charge in [-0.15, -0.1) is 11.3 Å². The van der Waals surface area contributed by atoms with Gasteiger partial charge in [0.05, 0.1) is 12.5 Å². The molecule has 29 heavy (non-hydrogen) atoms. The minimum atomic E-state index is -1.07. The Hall–Kier alpha value is -3.11. The van der Waals surface area contributed by atoms with Crippen molar-refractivity contribution in [2.24, 2.45) is 7.05 Å². The van der Waals surface area contributed by atoms with E-state index in [9.17, 15) is 24.6 Å². The van der Waals surface area contributed by atoms with Crippen molar-refractivity contribution in [2.45, 2.75) is 19.4 Å². The Morgan fingerprint density at radius 1 is 1.31 bits per heavy atom. The molecule has 0 saturated carbocycles. The van der Waals surface area contributed by atoms with Gasteiger partial charge in [0.2, 0.25) is 0 Å². The fourth-order valence-electron chi connectivity index (χ4n) is 2.82. The maximum Gasteiger partial charge on any atom is 0.320 e. The number of thiophene rings is 2. The van der Waals surface area contributed by atoms with Crippen LogP contribution in [-0.2, 0) is 11.8 Å². The van der Waals surface area contributed by atoms with Crippen molar-refractivity contribution in [1.82, 2.24) is 9.88 Å². The highest BCUT2D eigenvalue weighted by Gasteiger charge is 2.23. The highest BCUT2D eigenvalue weighted by Crippen LogP contribution is 2.36. The Labute approximate surface area is 174 Å². The van der Waals surface area contributed by atoms with Gasteiger partial charge in [0.15, 0.2) is 5.69 Å². The lowest BCUT2D eigenvalue weighted by molar-refractivity contribution is -0.137. The number of hydrogen-bond acceptors (Lipinski definition) is 6. The lowest BCUT2D eigenvalue weighted by atomic mass is 10.1. The maximum absolute atomic E-state index is 12.5. The molecule has 1 atom stereocenters. The van der Waals surface area contributed by atoms with Crippen molar-refractivity contribution in [3.63, 3.8) is 0 Å². The van der Waals surface area contributed by atoms with Crippen LogP contribution in [-0.4, -0.2) is 26.8 Å². The predicted octanol–water partition coefficient (Wildman–Crippen LogP) is 3.53. The fourth-order valence-corrected chi connectivity index (χ4v) is 4.77. The van der Waals surface area contributed by atoms with Crippen LogP contribution in [0.25, 0.3) is 10.4 Å². The zero-order valence-electron chi connectivity index (χ0n) is 15.6. The highest BCUT2D eigenvalue weighted by atomic mass is 32.1. The number of carboxylic acid groups (broad SMARTS) is 1. The molecule has 3 rings (SSSR count). The molecule has 0 aliphatic carbocycles. The molecule has 0 saturated heterocycles. The minimum absolute atomic E-state index is 0.275. The van der Waals surface area contributed by atoms with Gasteiger partial charge in [-0.3, -0.25) is 9.59 Å². The summed E-state index contributed by atoms with van der Waals surface area (Å²) in [4.78, 5) is 37.6. The zero-order valence-corrected chi connectivity index (χ0v) is 17.3. The molecule has 3 aromatic rings. The first-order valence-electron chi connectivity index (χ1n) is 8.57. The first-order valence-corrected chi connectivity index (χ1v) is 10.3. The quantitative estimate of drug-likeness (QED) is 0.474. The van der Waals surface area contributed by atoms with Gasteiger partial charge in [0.1, 0.15) is 5.75 Å². The average Bonchev–Trinajstić information content (AvgIpc) is 3.30. The van der Waals surface area contributed by atoms with Crippen molar-refractivity contribution in [3.05, 3.63) is 56.0 Å². The molecule has 0 aliphatic heterocycles. The second-order valence-corrected chi connectivity index (χ2v) is 8.27. The summed E-state index contributed by atoms with van der Waals surface area (Å²) >= 11 is 2.97. The highest BCUT2D eigenvalue weighted by molar-refractivity contribution is 7.16. The molecule has 0 fully saturated rings. The fraction of sp³-hybridized carbons (Fsp3) is 0.211. The van der Waals surface area contributed by atoms with Crippen molar-refractivity contribution < 1.29 is 19.8 Å². The smallest absolute Gasteiger partial charge is 0.320 e. The molecule has 1 unspecified atom stereocenters. The lowest BCUT2D eigenvalue weighted by Gasteiger charge is -2.17. The number of rotatable bonds is 6. The molecule has 0 aromatic carbocycles. The van der Waals surface area contributed by atoms with E-state index in [2.05, 4.69) is 10.6 Å². The summed E-state index contributed by atoms with van der Waals surface area (Å²) in [5.41, 5.74) is 1.04. The Bertz CT molecular complexity index is 1100. The van der Waals surface area contributed by atoms with Gasteiger partial charge in [-0.05, 0) is 41.4 Å². The average molecular weight is 434 g/mol. The largest absolute Gasteiger partial charge is 0.505 e. The number of carbonyl (C=O) groups excluding carboxylic acids is 1. The van der Waals surface area contributed by atoms with Crippen molar-refractivity contribution >= 4 is 40.4 Å². The van der Waals surface area contributed by atoms with Gasteiger partial charge in [-0.2, -0.15) is 11.3 Å². The van der Waals surface area contributed by atoms with Crippen LogP contribution in [0.2, 0.25) is 0 Å². The number of aromatic nitrogens is 1. The van der Waals surface area contributed by atoms with Crippen LogP contribution in [0.3, 0.4) is 0 Å². The van der Waals surface area contributed by atoms with E-state index in [0.29, 0.717) is 4.88 Å². The number of aliphatic carboxylic acids is 1. The number of hydrogen-bond donors (Lipinski definition) is 4. The van der Waals surface area contributed by atoms with E-state index in [1.165, 1.54) is 35.2 Å². The molecular weight excluding hydrogens is 414 g/mol. The summed E-state index contributed by atoms with van der Waals surface area (Å²) in [5, 5.41) is 28.0. The normalized spacial score (nSPS) is 11.8. The van der Waals surface area contributed by atoms with Gasteiger partial charge in [0.25, 0.3) is 5.56 Å². The molecule has 3 aromatic heterocycles. The Morgan fingerprint density at radius 3 is 2.72 bits per heavy atom. The van der Waals surface area contributed by atoms with E-state index in [-0.39, 0.29) is 17.9 Å². The third-order valence-electron chi connectivity index (χ3n) is 4.25. The van der Waals surface area contributed by atoms with E-state index in [1.807, 2.05) is 29.8 Å². The van der Waals surface area contributed by atoms with E-state index in [4.69, 9.17) is 0 Å². The van der Waals surface area contributed by atoms with Gasteiger partial charge in [-0.1, -0.05) is 0 Å². The van der Waals surface area contributed by atoms with Crippen LogP contribution in [0.5, 0.6) is 5.75 Å². The van der Waals surface area contributed by atoms with E-state index in [0.717, 1.165) is 16.0 Å². The van der Waals surface area contributed by atoms with Gasteiger partial charge in [-0.25, -0.2) is 4.79 Å². The second kappa shape index (κ2) is 8.50. The molecule has 2 amide bonds. The third kappa shape index (κ3) is 4.66. The van der Waals surface area contributed by atoms with Gasteiger partial charge >= 0.3 is 12.0 Å². The van der Waals surface area contributed by atoms with Gasteiger partial charge in [0, 0.05) is 28.6 Å². The summed E-state index contributed by atoms with van der Waals surface area (Å²) in [7, 11) is 1.49. The topological polar surface area (TPSA) is 121 Å². The first-order chi connectivity index (χ1) is 13.8. The van der Waals surface area contributed by atoms with Crippen LogP contribution >= 0.6 is 22.7 Å². The Morgan fingerprint density at radius 2 is 2.07 bits per heavy atom. The van der Waals surface area contributed by atoms with Crippen LogP contribution < -0.4 is 16.2 Å². The number of nitrogens with one attached hydrogen (secondary N) is 2. The molecule has 10 heteroatoms. The monoisotopic (exact) mass is 433 g/mol. The van der Waals surface area contributed by atoms with E-state index in [1.54, 1.807) is 11.3 Å². The maximum atomic E-state index is 12.5. The SMILES string of the molecule is Cc1cc(-c2ccsc2)sc1C(CC(=O)O)NC(=O)Nc1c(O)ccn(C)c1=O. The summed E-state index contributed by atoms with van der Waals surface area (Å²) in [6, 6.07) is 3.64. The Balaban J connectivity index is 1.85. The molecule has 0 bridgehead atoms. The van der Waals surface area contributed by atoms with Crippen molar-refractivity contribution in [1.29, 1.82) is 0 Å². The number of carbonyl (C=O) groups is 2. The van der Waals surface area contributed by atoms with Crippen molar-refractivity contribution in [2.75, 3.05) is 5.32 Å². The van der Waals surface area contributed by atoms with Crippen LogP contribution in [0.15, 0.2) is 40.0 Å². The molecule has 152 valence electrons. The van der Waals surface area contributed by atoms with E-state index < -0.39 is 23.6 Å². The van der Waals surface area contributed by atoms with Gasteiger partial charge < -0.3 is 25.4 Å². The first kappa shape index (κ1) is 20.6. The summed E-state index contributed by atoms with van der Waals surface area (Å²) in [6.07, 6.45) is 1.05. The zero-order chi connectivity index (χ0) is 21.1. The minimum Gasteiger partial charge on any atom is -0.505 e.